The van der Waals surface area contributed by atoms with Crippen molar-refractivity contribution in [1.29, 1.82) is 0 Å². The van der Waals surface area contributed by atoms with Crippen LogP contribution in [-0.4, -0.2) is 5.11 Å². The van der Waals surface area contributed by atoms with E-state index in [1.165, 1.54) is 23.1 Å². The molecule has 0 heterocycles. The van der Waals surface area contributed by atoms with Gasteiger partial charge in [0.1, 0.15) is 5.76 Å². The number of fused-ring (bicyclic) bond motifs is 4. The molecule has 1 N–H and O–H groups in total. The molecule has 0 fully saturated rings. The zero-order valence-electron chi connectivity index (χ0n) is 8.09. The van der Waals surface area contributed by atoms with Crippen LogP contribution in [0.3, 0.4) is 0 Å². The van der Waals surface area contributed by atoms with E-state index in [-0.39, 0.29) is 5.41 Å². The Labute approximate surface area is 78.5 Å². The standard InChI is InChI=1S/C12H14O/c1-7-3-9-8-5-11(13)12(2,6-8)10(9)4-7/h4-5,7,13H,3,6H2,1-2H3. The third-order valence-corrected chi connectivity index (χ3v) is 3.70. The predicted molar refractivity (Wildman–Crippen MR) is 52.3 cm³/mol. The second-order valence-corrected chi connectivity index (χ2v) is 4.80. The van der Waals surface area contributed by atoms with Crippen molar-refractivity contribution >= 4 is 0 Å². The first-order chi connectivity index (χ1) is 6.11. The Morgan fingerprint density at radius 1 is 1.54 bits per heavy atom. The van der Waals surface area contributed by atoms with Crippen LogP contribution >= 0.6 is 0 Å². The molecule has 0 saturated carbocycles. The number of rotatable bonds is 0. The minimum Gasteiger partial charge on any atom is -0.511 e. The van der Waals surface area contributed by atoms with Crippen LogP contribution in [0.25, 0.3) is 0 Å². The summed E-state index contributed by atoms with van der Waals surface area (Å²) in [7, 11) is 0. The highest BCUT2D eigenvalue weighted by molar-refractivity contribution is 5.61. The molecule has 2 bridgehead atoms. The van der Waals surface area contributed by atoms with Gasteiger partial charge in [-0.15, -0.1) is 0 Å². The van der Waals surface area contributed by atoms with Crippen LogP contribution in [0.5, 0.6) is 0 Å². The lowest BCUT2D eigenvalue weighted by molar-refractivity contribution is 0.294. The van der Waals surface area contributed by atoms with Gasteiger partial charge >= 0.3 is 0 Å². The van der Waals surface area contributed by atoms with Gasteiger partial charge in [0.25, 0.3) is 0 Å². The average molecular weight is 174 g/mol. The highest BCUT2D eigenvalue weighted by atomic mass is 16.3. The highest BCUT2D eigenvalue weighted by Crippen LogP contribution is 2.59. The van der Waals surface area contributed by atoms with Crippen LogP contribution in [0.2, 0.25) is 0 Å². The minimum absolute atomic E-state index is 0.0462. The lowest BCUT2D eigenvalue weighted by Gasteiger charge is -2.23. The maximum atomic E-state index is 9.80. The number of allylic oxidation sites excluding steroid dienone is 5. The van der Waals surface area contributed by atoms with E-state index in [1.54, 1.807) is 0 Å². The smallest absolute Gasteiger partial charge is 0.103 e. The molecule has 0 radical (unpaired) electrons. The second kappa shape index (κ2) is 1.92. The van der Waals surface area contributed by atoms with Crippen LogP contribution < -0.4 is 0 Å². The summed E-state index contributed by atoms with van der Waals surface area (Å²) in [5, 5.41) is 9.80. The molecule has 0 aromatic rings. The van der Waals surface area contributed by atoms with Gasteiger partial charge < -0.3 is 5.11 Å². The van der Waals surface area contributed by atoms with E-state index >= 15 is 0 Å². The number of hydrogen-bond donors (Lipinski definition) is 1. The molecule has 0 spiro atoms. The summed E-state index contributed by atoms with van der Waals surface area (Å²) < 4.78 is 0. The van der Waals surface area contributed by atoms with E-state index in [9.17, 15) is 5.11 Å². The summed E-state index contributed by atoms with van der Waals surface area (Å²) >= 11 is 0. The maximum absolute atomic E-state index is 9.80. The molecule has 1 heteroatoms. The van der Waals surface area contributed by atoms with Crippen molar-refractivity contribution in [2.24, 2.45) is 11.3 Å². The quantitative estimate of drug-likeness (QED) is 0.598. The first kappa shape index (κ1) is 7.43. The molecular formula is C12H14O. The Balaban J connectivity index is 2.22. The van der Waals surface area contributed by atoms with Crippen LogP contribution in [-0.2, 0) is 0 Å². The molecule has 2 atom stereocenters. The average Bonchev–Trinajstić information content (AvgIpc) is 2.60. The van der Waals surface area contributed by atoms with Gasteiger partial charge in [0.2, 0.25) is 0 Å². The molecule has 0 aromatic heterocycles. The number of hydrogen-bond acceptors (Lipinski definition) is 1. The molecule has 0 saturated heterocycles. The molecule has 3 rings (SSSR count). The Kier molecular flexibility index (Phi) is 1.10. The topological polar surface area (TPSA) is 20.2 Å². The Morgan fingerprint density at radius 2 is 2.31 bits per heavy atom. The Bertz CT molecular complexity index is 384. The normalized spacial score (nSPS) is 40.9. The van der Waals surface area contributed by atoms with Crippen molar-refractivity contribution in [3.05, 3.63) is 34.6 Å². The summed E-state index contributed by atoms with van der Waals surface area (Å²) in [4.78, 5) is 0. The van der Waals surface area contributed by atoms with Crippen molar-refractivity contribution in [2.45, 2.75) is 26.7 Å². The Morgan fingerprint density at radius 3 is 3.08 bits per heavy atom. The molecule has 68 valence electrons. The SMILES string of the molecule is CC1C=C2C(=C3C=C(O)C2(C)C3)C1. The maximum Gasteiger partial charge on any atom is 0.103 e. The van der Waals surface area contributed by atoms with Crippen molar-refractivity contribution in [2.75, 3.05) is 0 Å². The van der Waals surface area contributed by atoms with Crippen molar-refractivity contribution in [3.63, 3.8) is 0 Å². The summed E-state index contributed by atoms with van der Waals surface area (Å²) in [6.07, 6.45) is 6.53. The van der Waals surface area contributed by atoms with Gasteiger partial charge in [-0.05, 0) is 48.5 Å². The number of aliphatic hydroxyl groups is 1. The van der Waals surface area contributed by atoms with Crippen LogP contribution in [0.1, 0.15) is 26.7 Å². The van der Waals surface area contributed by atoms with Gasteiger partial charge in [-0.25, -0.2) is 0 Å². The molecule has 0 aromatic carbocycles. The zero-order valence-corrected chi connectivity index (χ0v) is 8.09. The minimum atomic E-state index is -0.0462. The molecule has 0 amide bonds. The summed E-state index contributed by atoms with van der Waals surface area (Å²) in [6.45, 7) is 4.40. The largest absolute Gasteiger partial charge is 0.511 e. The fourth-order valence-electron chi connectivity index (χ4n) is 2.97. The molecule has 0 aliphatic heterocycles. The lowest BCUT2D eigenvalue weighted by atomic mass is 9.82. The molecule has 3 aliphatic carbocycles. The fraction of sp³-hybridized carbons (Fsp3) is 0.500. The molecular weight excluding hydrogens is 160 g/mol. The molecule has 1 nitrogen and oxygen atoms in total. The van der Waals surface area contributed by atoms with Crippen molar-refractivity contribution in [3.8, 4) is 0 Å². The first-order valence-electron chi connectivity index (χ1n) is 4.97. The van der Waals surface area contributed by atoms with Gasteiger partial charge in [0.15, 0.2) is 0 Å². The molecule has 2 unspecified atom stereocenters. The van der Waals surface area contributed by atoms with Gasteiger partial charge in [0, 0.05) is 0 Å². The lowest BCUT2D eigenvalue weighted by Crippen LogP contribution is -2.15. The van der Waals surface area contributed by atoms with Gasteiger partial charge in [-0.2, -0.15) is 0 Å². The fourth-order valence-corrected chi connectivity index (χ4v) is 2.97. The van der Waals surface area contributed by atoms with E-state index in [4.69, 9.17) is 0 Å². The summed E-state index contributed by atoms with van der Waals surface area (Å²) in [6, 6.07) is 0. The first-order valence-corrected chi connectivity index (χ1v) is 4.97. The van der Waals surface area contributed by atoms with Gasteiger partial charge in [-0.3, -0.25) is 0 Å². The van der Waals surface area contributed by atoms with Crippen LogP contribution in [0.4, 0.5) is 0 Å². The van der Waals surface area contributed by atoms with Crippen molar-refractivity contribution in [1.82, 2.24) is 0 Å². The zero-order chi connectivity index (χ0) is 9.22. The van der Waals surface area contributed by atoms with Crippen LogP contribution in [0, 0.1) is 11.3 Å². The van der Waals surface area contributed by atoms with Gasteiger partial charge in [0.05, 0.1) is 5.41 Å². The summed E-state index contributed by atoms with van der Waals surface area (Å²) in [5.74, 6) is 1.24. The van der Waals surface area contributed by atoms with E-state index in [0.717, 1.165) is 6.42 Å². The van der Waals surface area contributed by atoms with E-state index in [1.807, 2.05) is 6.08 Å². The number of aliphatic hydroxyl groups excluding tert-OH is 1. The molecule has 13 heavy (non-hydrogen) atoms. The van der Waals surface area contributed by atoms with Crippen LogP contribution in [0.15, 0.2) is 34.6 Å². The van der Waals surface area contributed by atoms with E-state index in [0.29, 0.717) is 11.7 Å². The predicted octanol–water partition coefficient (Wildman–Crippen LogP) is 3.11. The monoisotopic (exact) mass is 174 g/mol. The van der Waals surface area contributed by atoms with E-state index < -0.39 is 0 Å². The third-order valence-electron chi connectivity index (χ3n) is 3.70. The highest BCUT2D eigenvalue weighted by Gasteiger charge is 2.48. The second-order valence-electron chi connectivity index (χ2n) is 4.80. The third kappa shape index (κ3) is 0.691. The van der Waals surface area contributed by atoms with Crippen molar-refractivity contribution < 1.29 is 5.11 Å². The van der Waals surface area contributed by atoms with Gasteiger partial charge in [-0.1, -0.05) is 13.0 Å². The summed E-state index contributed by atoms with van der Waals surface area (Å²) in [5.41, 5.74) is 4.27. The van der Waals surface area contributed by atoms with E-state index in [2.05, 4.69) is 19.9 Å². The molecule has 3 aliphatic rings. The Hall–Kier alpha value is -0.980.